The molecule has 0 unspecified atom stereocenters. The van der Waals surface area contributed by atoms with Crippen molar-refractivity contribution < 1.29 is 19.8 Å². The lowest BCUT2D eigenvalue weighted by atomic mass is 10.0. The van der Waals surface area contributed by atoms with E-state index >= 15 is 0 Å². The highest BCUT2D eigenvalue weighted by molar-refractivity contribution is 5.95. The molecule has 0 aliphatic rings. The molecule has 7 heteroatoms. The Labute approximate surface area is 101 Å². The van der Waals surface area contributed by atoms with Crippen LogP contribution >= 0.6 is 0 Å². The Morgan fingerprint density at radius 2 is 2.06 bits per heavy atom. The number of aromatic carboxylic acids is 2. The Morgan fingerprint density at radius 1 is 1.33 bits per heavy atom. The molecule has 0 fully saturated rings. The fourth-order valence-corrected chi connectivity index (χ4v) is 1.16. The summed E-state index contributed by atoms with van der Waals surface area (Å²) in [4.78, 5) is 24.1. The first kappa shape index (κ1) is 13.1. The number of azide groups is 1. The molecule has 0 aliphatic heterocycles. The van der Waals surface area contributed by atoms with Gasteiger partial charge in [0, 0.05) is 10.5 Å². The van der Waals surface area contributed by atoms with Crippen LogP contribution in [0.2, 0.25) is 0 Å². The van der Waals surface area contributed by atoms with Crippen LogP contribution in [0.5, 0.6) is 0 Å². The number of rotatable bonds is 3. The Balaban J connectivity index is 3.18. The van der Waals surface area contributed by atoms with Crippen molar-refractivity contribution in [3.05, 3.63) is 45.3 Å². The van der Waals surface area contributed by atoms with Gasteiger partial charge in [-0.2, -0.15) is 0 Å². The van der Waals surface area contributed by atoms with Crippen molar-refractivity contribution in [2.24, 2.45) is 5.11 Å². The lowest BCUT2D eigenvalue weighted by Crippen LogP contribution is -2.04. The minimum absolute atomic E-state index is 0.0871. The lowest BCUT2D eigenvalue weighted by molar-refractivity contribution is 0.0695. The van der Waals surface area contributed by atoms with Crippen LogP contribution in [0.25, 0.3) is 10.4 Å². The van der Waals surface area contributed by atoms with Crippen molar-refractivity contribution >= 4 is 11.9 Å². The summed E-state index contributed by atoms with van der Waals surface area (Å²) in [6.07, 6.45) is 0. The van der Waals surface area contributed by atoms with Crippen LogP contribution < -0.4 is 0 Å². The molecule has 0 aliphatic carbocycles. The number of carboxylic acid groups (broad SMARTS) is 2. The Kier molecular flexibility index (Phi) is 4.32. The molecule has 0 saturated heterocycles. The van der Waals surface area contributed by atoms with Crippen molar-refractivity contribution in [1.82, 2.24) is 0 Å². The molecule has 2 N–H and O–H groups in total. The van der Waals surface area contributed by atoms with E-state index in [-0.39, 0.29) is 23.2 Å². The first-order chi connectivity index (χ1) is 8.56. The second kappa shape index (κ2) is 5.94. The van der Waals surface area contributed by atoms with Gasteiger partial charge in [0.25, 0.3) is 0 Å². The summed E-state index contributed by atoms with van der Waals surface area (Å²) in [5, 5.41) is 20.8. The number of benzene rings is 1. The predicted octanol–water partition coefficient (Wildman–Crippen LogP) is 1.74. The smallest absolute Gasteiger partial charge is 0.336 e. The molecule has 1 rings (SSSR count). The molecule has 0 heterocycles. The maximum Gasteiger partial charge on any atom is 0.336 e. The maximum absolute atomic E-state index is 10.9. The monoisotopic (exact) mass is 245 g/mol. The van der Waals surface area contributed by atoms with Crippen molar-refractivity contribution in [2.45, 2.75) is 0 Å². The Morgan fingerprint density at radius 3 is 2.61 bits per heavy atom. The summed E-state index contributed by atoms with van der Waals surface area (Å²) < 4.78 is 0. The van der Waals surface area contributed by atoms with Crippen molar-refractivity contribution in [1.29, 1.82) is 0 Å². The topological polar surface area (TPSA) is 123 Å². The van der Waals surface area contributed by atoms with E-state index in [9.17, 15) is 9.59 Å². The van der Waals surface area contributed by atoms with Crippen molar-refractivity contribution in [3.8, 4) is 11.8 Å². The van der Waals surface area contributed by atoms with E-state index in [1.54, 1.807) is 0 Å². The molecule has 0 atom stereocenters. The van der Waals surface area contributed by atoms with Crippen molar-refractivity contribution in [3.63, 3.8) is 0 Å². The third-order valence-electron chi connectivity index (χ3n) is 1.93. The van der Waals surface area contributed by atoms with Gasteiger partial charge >= 0.3 is 11.9 Å². The summed E-state index contributed by atoms with van der Waals surface area (Å²) in [5.41, 5.74) is 7.87. The van der Waals surface area contributed by atoms with Crippen LogP contribution in [-0.2, 0) is 0 Å². The summed E-state index contributed by atoms with van der Waals surface area (Å²) in [7, 11) is 0. The van der Waals surface area contributed by atoms with E-state index < -0.39 is 11.9 Å². The largest absolute Gasteiger partial charge is 0.478 e. The van der Waals surface area contributed by atoms with Crippen LogP contribution in [0.3, 0.4) is 0 Å². The minimum atomic E-state index is -1.27. The van der Waals surface area contributed by atoms with Gasteiger partial charge in [0.1, 0.15) is 0 Å². The molecule has 7 nitrogen and oxygen atoms in total. The Bertz CT molecular complexity index is 606. The fourth-order valence-electron chi connectivity index (χ4n) is 1.16. The highest BCUT2D eigenvalue weighted by Crippen LogP contribution is 2.11. The van der Waals surface area contributed by atoms with Gasteiger partial charge in [0.2, 0.25) is 0 Å². The van der Waals surface area contributed by atoms with Crippen molar-refractivity contribution in [2.75, 3.05) is 6.54 Å². The van der Waals surface area contributed by atoms with Gasteiger partial charge in [-0.05, 0) is 23.7 Å². The van der Waals surface area contributed by atoms with Gasteiger partial charge in [0.05, 0.1) is 17.7 Å². The standard InChI is InChI=1S/C11H7N3O4/c12-14-13-5-1-2-7-3-4-8(10(15)16)6-9(7)11(17)18/h3-4,6H,5H2,(H,15,16)(H,17,18). The van der Waals surface area contributed by atoms with E-state index in [1.807, 2.05) is 0 Å². The molecule has 1 aromatic carbocycles. The van der Waals surface area contributed by atoms with Gasteiger partial charge in [-0.1, -0.05) is 17.0 Å². The zero-order chi connectivity index (χ0) is 13.5. The average Bonchev–Trinajstić information content (AvgIpc) is 2.34. The summed E-state index contributed by atoms with van der Waals surface area (Å²) in [6.45, 7) is -0.0871. The highest BCUT2D eigenvalue weighted by atomic mass is 16.4. The van der Waals surface area contributed by atoms with Crippen LogP contribution in [0.1, 0.15) is 26.3 Å². The zero-order valence-electron chi connectivity index (χ0n) is 8.99. The second-order valence-corrected chi connectivity index (χ2v) is 3.06. The third-order valence-corrected chi connectivity index (χ3v) is 1.93. The van der Waals surface area contributed by atoms with Gasteiger partial charge in [-0.15, -0.1) is 0 Å². The second-order valence-electron chi connectivity index (χ2n) is 3.06. The van der Waals surface area contributed by atoms with E-state index in [0.717, 1.165) is 6.07 Å². The fraction of sp³-hybridized carbons (Fsp3) is 0.0909. The number of hydrogen-bond acceptors (Lipinski definition) is 3. The minimum Gasteiger partial charge on any atom is -0.478 e. The van der Waals surface area contributed by atoms with Crippen LogP contribution in [0.4, 0.5) is 0 Å². The SMILES string of the molecule is [N-]=[N+]=NCC#Cc1ccc(C(=O)O)cc1C(=O)O. The van der Waals surface area contributed by atoms with Gasteiger partial charge < -0.3 is 10.2 Å². The molecule has 0 bridgehead atoms. The average molecular weight is 245 g/mol. The zero-order valence-corrected chi connectivity index (χ0v) is 8.99. The molecular formula is C11H7N3O4. The van der Waals surface area contributed by atoms with Crippen LogP contribution in [0.15, 0.2) is 23.3 Å². The van der Waals surface area contributed by atoms with Gasteiger partial charge in [0.15, 0.2) is 0 Å². The highest BCUT2D eigenvalue weighted by Gasteiger charge is 2.12. The van der Waals surface area contributed by atoms with E-state index in [2.05, 4.69) is 21.9 Å². The van der Waals surface area contributed by atoms with Gasteiger partial charge in [-0.25, -0.2) is 9.59 Å². The molecule has 0 saturated carbocycles. The number of hydrogen-bond donors (Lipinski definition) is 2. The van der Waals surface area contributed by atoms with Crippen LogP contribution in [0, 0.1) is 11.8 Å². The predicted molar refractivity (Wildman–Crippen MR) is 61.3 cm³/mol. The van der Waals surface area contributed by atoms with E-state index in [4.69, 9.17) is 15.7 Å². The lowest BCUT2D eigenvalue weighted by Gasteiger charge is -2.00. The molecule has 1 aromatic rings. The normalized spacial score (nSPS) is 8.67. The molecule has 0 aromatic heterocycles. The molecule has 0 spiro atoms. The van der Waals surface area contributed by atoms with Gasteiger partial charge in [-0.3, -0.25) is 0 Å². The number of carboxylic acids is 2. The van der Waals surface area contributed by atoms with E-state index in [0.29, 0.717) is 0 Å². The van der Waals surface area contributed by atoms with E-state index in [1.165, 1.54) is 12.1 Å². The molecular weight excluding hydrogens is 238 g/mol. The number of nitrogens with zero attached hydrogens (tertiary/aromatic N) is 3. The first-order valence-corrected chi connectivity index (χ1v) is 4.66. The quantitative estimate of drug-likeness (QED) is 0.364. The molecule has 0 radical (unpaired) electrons. The maximum atomic E-state index is 10.9. The molecule has 18 heavy (non-hydrogen) atoms. The van der Waals surface area contributed by atoms with Crippen LogP contribution in [-0.4, -0.2) is 28.7 Å². The number of carbonyl (C=O) groups is 2. The summed E-state index contributed by atoms with van der Waals surface area (Å²) in [5.74, 6) is 2.48. The Hall–Kier alpha value is -2.97. The summed E-state index contributed by atoms with van der Waals surface area (Å²) in [6, 6.07) is 3.59. The first-order valence-electron chi connectivity index (χ1n) is 4.66. The molecule has 90 valence electrons. The third kappa shape index (κ3) is 3.27. The molecule has 0 amide bonds. The summed E-state index contributed by atoms with van der Waals surface area (Å²) >= 11 is 0.